The van der Waals surface area contributed by atoms with Crippen molar-refractivity contribution in [1.82, 2.24) is 4.72 Å². The van der Waals surface area contributed by atoms with Gasteiger partial charge in [-0.3, -0.25) is 0 Å². The van der Waals surface area contributed by atoms with Gasteiger partial charge in [-0.2, -0.15) is 13.2 Å². The lowest BCUT2D eigenvalue weighted by molar-refractivity contribution is -0.0448. The lowest BCUT2D eigenvalue weighted by atomic mass is 10.3. The fourth-order valence-corrected chi connectivity index (χ4v) is 1.46. The fourth-order valence-electron chi connectivity index (χ4n) is 0.943. The van der Waals surface area contributed by atoms with Crippen molar-refractivity contribution in [2.45, 2.75) is 5.51 Å². The number of hydrogen-bond donors (Lipinski definition) is 1. The van der Waals surface area contributed by atoms with E-state index >= 15 is 0 Å². The number of hydrogen-bond acceptors (Lipinski definition) is 3. The predicted octanol–water partition coefficient (Wildman–Crippen LogP) is 1.50. The molecule has 4 nitrogen and oxygen atoms in total. The van der Waals surface area contributed by atoms with Crippen molar-refractivity contribution < 1.29 is 26.3 Å². The van der Waals surface area contributed by atoms with Crippen LogP contribution in [0.4, 0.5) is 13.2 Å². The summed E-state index contributed by atoms with van der Waals surface area (Å²) >= 11 is 0. The summed E-state index contributed by atoms with van der Waals surface area (Å²) < 4.78 is 63.2. The Hall–Kier alpha value is -1.28. The largest absolute Gasteiger partial charge is 0.511 e. The van der Waals surface area contributed by atoms with Crippen LogP contribution in [0.3, 0.4) is 0 Å². The molecule has 0 fully saturated rings. The summed E-state index contributed by atoms with van der Waals surface area (Å²) in [7, 11) is -5.28. The molecule has 0 aromatic heterocycles. The molecule has 8 heteroatoms. The van der Waals surface area contributed by atoms with Gasteiger partial charge < -0.3 is 4.74 Å². The number of ether oxygens (including phenoxy) is 1. The van der Waals surface area contributed by atoms with Crippen LogP contribution >= 0.6 is 0 Å². The second kappa shape index (κ2) is 5.37. The second-order valence-electron chi connectivity index (χ2n) is 3.01. The molecule has 0 atom stereocenters. The number of rotatable bonds is 5. The van der Waals surface area contributed by atoms with Gasteiger partial charge in [-0.15, -0.1) is 0 Å². The zero-order valence-electron chi connectivity index (χ0n) is 8.57. The standard InChI is InChI=1S/C9H10F3NO3S/c10-9(11,12)17(14,15)13-6-7-16-8-4-2-1-3-5-8/h1-5,13H,6-7H2. The summed E-state index contributed by atoms with van der Waals surface area (Å²) in [5.41, 5.74) is -5.29. The van der Waals surface area contributed by atoms with E-state index in [2.05, 4.69) is 0 Å². The van der Waals surface area contributed by atoms with Crippen molar-refractivity contribution in [1.29, 1.82) is 0 Å². The van der Waals surface area contributed by atoms with Gasteiger partial charge in [0, 0.05) is 6.54 Å². The first kappa shape index (κ1) is 13.8. The van der Waals surface area contributed by atoms with Crippen molar-refractivity contribution >= 4 is 10.0 Å². The lowest BCUT2D eigenvalue weighted by Crippen LogP contribution is -2.38. The molecule has 96 valence electrons. The predicted molar refractivity (Wildman–Crippen MR) is 54.9 cm³/mol. The van der Waals surface area contributed by atoms with E-state index in [1.54, 1.807) is 30.3 Å². The number of alkyl halides is 3. The molecule has 0 spiro atoms. The molecule has 1 rings (SSSR count). The first-order valence-corrected chi connectivity index (χ1v) is 6.05. The van der Waals surface area contributed by atoms with Gasteiger partial charge in [0.25, 0.3) is 0 Å². The minimum atomic E-state index is -5.29. The van der Waals surface area contributed by atoms with Gasteiger partial charge >= 0.3 is 15.5 Å². The van der Waals surface area contributed by atoms with Crippen LogP contribution in [-0.4, -0.2) is 27.1 Å². The van der Waals surface area contributed by atoms with Gasteiger partial charge in [-0.25, -0.2) is 13.1 Å². The highest BCUT2D eigenvalue weighted by Crippen LogP contribution is 2.21. The summed E-state index contributed by atoms with van der Waals surface area (Å²) in [5, 5.41) is 0. The zero-order valence-corrected chi connectivity index (χ0v) is 9.38. The van der Waals surface area contributed by atoms with Crippen LogP contribution in [0.1, 0.15) is 0 Å². The van der Waals surface area contributed by atoms with E-state index < -0.39 is 22.1 Å². The molecule has 0 heterocycles. The van der Waals surface area contributed by atoms with Crippen molar-refractivity contribution in [3.63, 3.8) is 0 Å². The van der Waals surface area contributed by atoms with Crippen LogP contribution < -0.4 is 9.46 Å². The third-order valence-electron chi connectivity index (χ3n) is 1.71. The Morgan fingerprint density at radius 1 is 1.18 bits per heavy atom. The third-order valence-corrected chi connectivity index (χ3v) is 2.90. The van der Waals surface area contributed by atoms with Crippen LogP contribution in [0.25, 0.3) is 0 Å². The molecular formula is C9H10F3NO3S. The molecule has 1 aromatic rings. The van der Waals surface area contributed by atoms with E-state index in [0.717, 1.165) is 0 Å². The molecule has 0 aliphatic heterocycles. The van der Waals surface area contributed by atoms with Crippen LogP contribution in [0.15, 0.2) is 30.3 Å². The summed E-state index contributed by atoms with van der Waals surface area (Å²) in [5.74, 6) is 0.457. The minimum Gasteiger partial charge on any atom is -0.492 e. The van der Waals surface area contributed by atoms with Crippen molar-refractivity contribution in [2.75, 3.05) is 13.2 Å². The van der Waals surface area contributed by atoms with Gasteiger partial charge in [0.15, 0.2) is 0 Å². The van der Waals surface area contributed by atoms with Crippen molar-refractivity contribution in [3.8, 4) is 5.75 Å². The van der Waals surface area contributed by atoms with Crippen molar-refractivity contribution in [3.05, 3.63) is 30.3 Å². The van der Waals surface area contributed by atoms with E-state index in [0.29, 0.717) is 5.75 Å². The lowest BCUT2D eigenvalue weighted by Gasteiger charge is -2.10. The Morgan fingerprint density at radius 3 is 2.29 bits per heavy atom. The first-order valence-electron chi connectivity index (χ1n) is 4.57. The number of halogens is 3. The van der Waals surface area contributed by atoms with Crippen LogP contribution in [0, 0.1) is 0 Å². The maximum absolute atomic E-state index is 11.9. The Labute approximate surface area is 96.4 Å². The highest BCUT2D eigenvalue weighted by Gasteiger charge is 2.45. The molecule has 0 radical (unpaired) electrons. The Kier molecular flexibility index (Phi) is 4.35. The summed E-state index contributed by atoms with van der Waals surface area (Å²) in [6.07, 6.45) is 0. The fraction of sp³-hybridized carbons (Fsp3) is 0.333. The smallest absolute Gasteiger partial charge is 0.492 e. The van der Waals surface area contributed by atoms with E-state index in [1.165, 1.54) is 4.72 Å². The van der Waals surface area contributed by atoms with Gasteiger partial charge in [0.05, 0.1) is 0 Å². The highest BCUT2D eigenvalue weighted by atomic mass is 32.2. The molecule has 1 N–H and O–H groups in total. The molecule has 0 saturated carbocycles. The molecule has 0 aliphatic carbocycles. The zero-order chi connectivity index (χ0) is 12.9. The minimum absolute atomic E-state index is 0.181. The number of para-hydroxylation sites is 1. The topological polar surface area (TPSA) is 55.4 Å². The van der Waals surface area contributed by atoms with Crippen LogP contribution in [0.2, 0.25) is 0 Å². The Balaban J connectivity index is 2.35. The molecule has 1 aromatic carbocycles. The maximum Gasteiger partial charge on any atom is 0.511 e. The molecule has 0 amide bonds. The molecule has 0 aliphatic rings. The van der Waals surface area contributed by atoms with E-state index in [1.807, 2.05) is 0 Å². The molecule has 17 heavy (non-hydrogen) atoms. The maximum atomic E-state index is 11.9. The summed E-state index contributed by atoms with van der Waals surface area (Å²) in [6.45, 7) is -0.629. The summed E-state index contributed by atoms with van der Waals surface area (Å²) in [4.78, 5) is 0. The normalized spacial score (nSPS) is 12.4. The molecule has 0 saturated heterocycles. The van der Waals surface area contributed by atoms with Gasteiger partial charge in [-0.05, 0) is 12.1 Å². The van der Waals surface area contributed by atoms with Gasteiger partial charge in [0.2, 0.25) is 0 Å². The van der Waals surface area contributed by atoms with Gasteiger partial charge in [0.1, 0.15) is 12.4 Å². The van der Waals surface area contributed by atoms with Gasteiger partial charge in [-0.1, -0.05) is 18.2 Å². The monoisotopic (exact) mass is 269 g/mol. The SMILES string of the molecule is O=S(=O)(NCCOc1ccccc1)C(F)(F)F. The Morgan fingerprint density at radius 2 is 1.76 bits per heavy atom. The first-order chi connectivity index (χ1) is 7.83. The number of benzene rings is 1. The number of sulfonamides is 1. The highest BCUT2D eigenvalue weighted by molar-refractivity contribution is 7.90. The average Bonchev–Trinajstić information content (AvgIpc) is 2.24. The third kappa shape index (κ3) is 4.23. The van der Waals surface area contributed by atoms with E-state index in [4.69, 9.17) is 4.74 Å². The van der Waals surface area contributed by atoms with Crippen LogP contribution in [0.5, 0.6) is 5.75 Å². The molecule has 0 bridgehead atoms. The summed E-state index contributed by atoms with van der Waals surface area (Å²) in [6, 6.07) is 8.35. The van der Waals surface area contributed by atoms with Crippen molar-refractivity contribution in [2.24, 2.45) is 0 Å². The number of nitrogens with one attached hydrogen (secondary N) is 1. The quantitative estimate of drug-likeness (QED) is 0.824. The average molecular weight is 269 g/mol. The molecular weight excluding hydrogens is 259 g/mol. The second-order valence-corrected chi connectivity index (χ2v) is 4.76. The Bertz CT molecular complexity index is 444. The van der Waals surface area contributed by atoms with E-state index in [9.17, 15) is 21.6 Å². The van der Waals surface area contributed by atoms with Crippen LogP contribution in [-0.2, 0) is 10.0 Å². The van der Waals surface area contributed by atoms with E-state index in [-0.39, 0.29) is 6.61 Å². The molecule has 0 unspecified atom stereocenters.